The summed E-state index contributed by atoms with van der Waals surface area (Å²) in [7, 11) is -3.94. The molecule has 2 aliphatic heterocycles. The Hall–Kier alpha value is -1.65. The van der Waals surface area contributed by atoms with Crippen molar-refractivity contribution in [2.75, 3.05) is 19.7 Å². The number of aromatic nitrogens is 3. The molecule has 0 bridgehead atoms. The highest BCUT2D eigenvalue weighted by atomic mass is 31.2. The smallest absolute Gasteiger partial charge is 0.363 e. The van der Waals surface area contributed by atoms with E-state index in [4.69, 9.17) is 15.0 Å². The number of hydrogen-bond donors (Lipinski definition) is 2. The molecule has 2 fully saturated rings. The molecule has 0 aromatic carbocycles. The van der Waals surface area contributed by atoms with E-state index >= 15 is 0 Å². The predicted octanol–water partition coefficient (Wildman–Crippen LogP) is -0.164. The van der Waals surface area contributed by atoms with E-state index < -0.39 is 26.0 Å². The van der Waals surface area contributed by atoms with Gasteiger partial charge in [-0.3, -0.25) is 14.1 Å². The highest BCUT2D eigenvalue weighted by molar-refractivity contribution is 7.50. The summed E-state index contributed by atoms with van der Waals surface area (Å²) in [4.78, 5) is 36.8. The maximum atomic E-state index is 12.3. The fourth-order valence-corrected chi connectivity index (χ4v) is 4.09. The molecular formula is C13H20N5O6P. The van der Waals surface area contributed by atoms with Gasteiger partial charge >= 0.3 is 7.75 Å². The largest absolute Gasteiger partial charge is 0.405 e. The quantitative estimate of drug-likeness (QED) is 0.648. The van der Waals surface area contributed by atoms with Crippen LogP contribution in [-0.4, -0.2) is 61.8 Å². The minimum atomic E-state index is -3.94. The van der Waals surface area contributed by atoms with E-state index in [2.05, 4.69) is 10.1 Å². The van der Waals surface area contributed by atoms with Crippen molar-refractivity contribution in [3.05, 3.63) is 12.2 Å². The molecule has 1 aromatic heterocycles. The Bertz CT molecular complexity index is 703. The highest BCUT2D eigenvalue weighted by Gasteiger charge is 2.38. The number of piperidine rings is 1. The Labute approximate surface area is 143 Å². The zero-order valence-corrected chi connectivity index (χ0v) is 14.4. The first-order valence-electron chi connectivity index (χ1n) is 7.99. The molecular weight excluding hydrogens is 353 g/mol. The molecule has 1 amide bonds. The average Bonchev–Trinajstić information content (AvgIpc) is 3.21. The molecule has 2 aliphatic rings. The molecule has 3 heterocycles. The van der Waals surface area contributed by atoms with Gasteiger partial charge in [0, 0.05) is 13.1 Å². The summed E-state index contributed by atoms with van der Waals surface area (Å²) in [6.45, 7) is 0.659. The van der Waals surface area contributed by atoms with Crippen molar-refractivity contribution in [2.24, 2.45) is 5.73 Å². The van der Waals surface area contributed by atoms with E-state index in [1.807, 2.05) is 0 Å². The lowest BCUT2D eigenvalue weighted by atomic mass is 10.2. The van der Waals surface area contributed by atoms with Crippen molar-refractivity contribution in [2.45, 2.75) is 38.0 Å². The molecule has 11 nitrogen and oxygen atoms in total. The fourth-order valence-electron chi connectivity index (χ4n) is 2.81. The summed E-state index contributed by atoms with van der Waals surface area (Å²) < 4.78 is 25.5. The Kier molecular flexibility index (Phi) is 5.30. The van der Waals surface area contributed by atoms with Crippen LogP contribution in [0.1, 0.15) is 42.5 Å². The van der Waals surface area contributed by atoms with Crippen molar-refractivity contribution in [1.82, 2.24) is 19.4 Å². The highest BCUT2D eigenvalue weighted by Crippen LogP contribution is 2.48. The Balaban J connectivity index is 1.57. The fraction of sp³-hybridized carbons (Fsp3) is 0.692. The van der Waals surface area contributed by atoms with Gasteiger partial charge < -0.3 is 15.4 Å². The molecule has 1 aromatic rings. The van der Waals surface area contributed by atoms with Gasteiger partial charge in [-0.05, 0) is 12.8 Å². The number of hydrogen-bond acceptors (Lipinski definition) is 7. The Morgan fingerprint density at radius 2 is 2.16 bits per heavy atom. The zero-order valence-electron chi connectivity index (χ0n) is 13.5. The molecule has 12 heteroatoms. The SMILES string of the molecule is NC(=O)c1ncn([C@H]2CC(=O)[C@@H](COP(=O)(O)N3CCCCC3)O2)n1. The van der Waals surface area contributed by atoms with Crippen LogP contribution in [0.3, 0.4) is 0 Å². The second-order valence-corrected chi connectivity index (χ2v) is 7.77. The van der Waals surface area contributed by atoms with E-state index in [-0.39, 0.29) is 24.6 Å². The Morgan fingerprint density at radius 3 is 2.80 bits per heavy atom. The third-order valence-electron chi connectivity index (χ3n) is 4.16. The summed E-state index contributed by atoms with van der Waals surface area (Å²) >= 11 is 0. The number of carbonyl (C=O) groups is 2. The lowest BCUT2D eigenvalue weighted by Crippen LogP contribution is -2.30. The summed E-state index contributed by atoms with van der Waals surface area (Å²) in [5.41, 5.74) is 5.08. The van der Waals surface area contributed by atoms with Gasteiger partial charge in [0.1, 0.15) is 12.4 Å². The van der Waals surface area contributed by atoms with Gasteiger partial charge in [-0.1, -0.05) is 6.42 Å². The molecule has 3 N–H and O–H groups in total. The Morgan fingerprint density at radius 1 is 1.44 bits per heavy atom. The minimum Gasteiger partial charge on any atom is -0.363 e. The van der Waals surface area contributed by atoms with Gasteiger partial charge in [-0.2, -0.15) is 0 Å². The first-order valence-corrected chi connectivity index (χ1v) is 9.52. The third-order valence-corrected chi connectivity index (χ3v) is 5.76. The first-order chi connectivity index (χ1) is 11.9. The van der Waals surface area contributed by atoms with Gasteiger partial charge in [-0.15, -0.1) is 5.10 Å². The number of amides is 1. The number of nitrogens with two attached hydrogens (primary N) is 1. The molecule has 25 heavy (non-hydrogen) atoms. The monoisotopic (exact) mass is 373 g/mol. The van der Waals surface area contributed by atoms with Crippen molar-refractivity contribution in [3.63, 3.8) is 0 Å². The van der Waals surface area contributed by atoms with Crippen LogP contribution in [0.25, 0.3) is 0 Å². The second kappa shape index (κ2) is 7.30. The summed E-state index contributed by atoms with van der Waals surface area (Å²) in [5.74, 6) is -1.24. The van der Waals surface area contributed by atoms with Crippen LogP contribution in [0.15, 0.2) is 6.33 Å². The maximum Gasteiger partial charge on any atom is 0.405 e. The lowest BCUT2D eigenvalue weighted by molar-refractivity contribution is -0.124. The average molecular weight is 373 g/mol. The molecule has 0 saturated carbocycles. The molecule has 0 radical (unpaired) electrons. The molecule has 0 spiro atoms. The summed E-state index contributed by atoms with van der Waals surface area (Å²) in [6, 6.07) is 0. The number of primary amides is 1. The van der Waals surface area contributed by atoms with Crippen molar-refractivity contribution < 1.29 is 28.3 Å². The van der Waals surface area contributed by atoms with Crippen LogP contribution < -0.4 is 5.73 Å². The van der Waals surface area contributed by atoms with E-state index in [0.29, 0.717) is 13.1 Å². The van der Waals surface area contributed by atoms with Gasteiger partial charge in [0.25, 0.3) is 5.91 Å². The zero-order chi connectivity index (χ0) is 18.0. The van der Waals surface area contributed by atoms with E-state index in [9.17, 15) is 19.0 Å². The van der Waals surface area contributed by atoms with Gasteiger partial charge in [0.15, 0.2) is 12.0 Å². The molecule has 3 atom stereocenters. The van der Waals surface area contributed by atoms with Crippen LogP contribution in [0.5, 0.6) is 0 Å². The summed E-state index contributed by atoms with van der Waals surface area (Å²) in [5, 5.41) is 3.84. The molecule has 1 unspecified atom stereocenters. The topological polar surface area (TPSA) is 150 Å². The van der Waals surface area contributed by atoms with Crippen LogP contribution in [0, 0.1) is 0 Å². The summed E-state index contributed by atoms with van der Waals surface area (Å²) in [6.07, 6.45) is 2.20. The molecule has 2 saturated heterocycles. The van der Waals surface area contributed by atoms with Crippen molar-refractivity contribution in [1.29, 1.82) is 0 Å². The van der Waals surface area contributed by atoms with Crippen molar-refractivity contribution in [3.8, 4) is 0 Å². The molecule has 0 aliphatic carbocycles. The molecule has 3 rings (SSSR count). The van der Waals surface area contributed by atoms with Crippen LogP contribution in [0.4, 0.5) is 0 Å². The number of ketones is 1. The first kappa shape index (κ1) is 18.2. The standard InChI is InChI=1S/C13H20N5O6P/c14-12(20)13-15-8-18(16-13)11-6-9(19)10(24-11)7-23-25(21,22)17-4-2-1-3-5-17/h8,10-11H,1-7H2,(H2,14,20)(H,21,22)/t10-,11-/m1/s1. The van der Waals surface area contributed by atoms with Gasteiger partial charge in [-0.25, -0.2) is 18.9 Å². The minimum absolute atomic E-state index is 0.00493. The van der Waals surface area contributed by atoms with E-state index in [1.165, 1.54) is 15.7 Å². The lowest BCUT2D eigenvalue weighted by Gasteiger charge is -2.29. The van der Waals surface area contributed by atoms with E-state index in [0.717, 1.165) is 19.3 Å². The van der Waals surface area contributed by atoms with Crippen LogP contribution in [-0.2, 0) is 18.6 Å². The van der Waals surface area contributed by atoms with Gasteiger partial charge in [0.05, 0.1) is 13.0 Å². The van der Waals surface area contributed by atoms with Crippen LogP contribution >= 0.6 is 7.75 Å². The van der Waals surface area contributed by atoms with Gasteiger partial charge in [0.2, 0.25) is 5.82 Å². The molecule has 138 valence electrons. The number of ether oxygens (including phenoxy) is 1. The van der Waals surface area contributed by atoms with Crippen LogP contribution in [0.2, 0.25) is 0 Å². The van der Waals surface area contributed by atoms with E-state index in [1.54, 1.807) is 0 Å². The predicted molar refractivity (Wildman–Crippen MR) is 83.3 cm³/mol. The maximum absolute atomic E-state index is 12.3. The number of rotatable bonds is 6. The van der Waals surface area contributed by atoms with Crippen molar-refractivity contribution >= 4 is 19.4 Å². The number of carbonyl (C=O) groups excluding carboxylic acids is 2. The third kappa shape index (κ3) is 4.13. The second-order valence-electron chi connectivity index (χ2n) is 5.96. The normalized spacial score (nSPS) is 27.3. The number of nitrogens with zero attached hydrogens (tertiary/aromatic N) is 4. The number of Topliss-reactive ketones (excluding diaryl/α,β-unsaturated/α-hetero) is 1.